The molecule has 1 N–H and O–H groups in total. The predicted molar refractivity (Wildman–Crippen MR) is 81.7 cm³/mol. The molecular formula is C16H16N4O. The second-order valence-corrected chi connectivity index (χ2v) is 5.10. The third kappa shape index (κ3) is 2.38. The van der Waals surface area contributed by atoms with Crippen LogP contribution >= 0.6 is 0 Å². The van der Waals surface area contributed by atoms with Crippen molar-refractivity contribution < 1.29 is 5.11 Å². The van der Waals surface area contributed by atoms with Crippen molar-refractivity contribution in [2.75, 3.05) is 0 Å². The predicted octanol–water partition coefficient (Wildman–Crippen LogP) is 4.38. The van der Waals surface area contributed by atoms with Gasteiger partial charge in [0, 0.05) is 6.20 Å². The molecule has 2 heterocycles. The van der Waals surface area contributed by atoms with Gasteiger partial charge in [0.15, 0.2) is 17.2 Å². The molecule has 0 aliphatic heterocycles. The van der Waals surface area contributed by atoms with Gasteiger partial charge in [-0.2, -0.15) is 0 Å². The van der Waals surface area contributed by atoms with Crippen molar-refractivity contribution in [2.45, 2.75) is 20.8 Å². The standard InChI is InChI=1S/C16H16N4O/c1-10-6-7-11(2)13(9-10)18-19-15-12(3)17-16-14(21)5-4-8-20(15)16/h4-9,21H,1-3H3. The molecule has 0 aliphatic rings. The normalized spacial score (nSPS) is 11.6. The van der Waals surface area contributed by atoms with E-state index in [1.807, 2.05) is 45.2 Å². The van der Waals surface area contributed by atoms with Crippen molar-refractivity contribution in [3.8, 4) is 5.75 Å². The number of azo groups is 1. The average Bonchev–Trinajstić information content (AvgIpc) is 2.77. The summed E-state index contributed by atoms with van der Waals surface area (Å²) in [6, 6.07) is 9.42. The van der Waals surface area contributed by atoms with E-state index in [1.165, 1.54) is 0 Å². The van der Waals surface area contributed by atoms with Gasteiger partial charge in [0.25, 0.3) is 0 Å². The molecule has 1 aromatic carbocycles. The molecule has 0 bridgehead atoms. The Morgan fingerprint density at radius 1 is 1.10 bits per heavy atom. The van der Waals surface area contributed by atoms with Gasteiger partial charge in [-0.1, -0.05) is 12.1 Å². The lowest BCUT2D eigenvalue weighted by molar-refractivity contribution is 0.477. The molecule has 0 amide bonds. The minimum Gasteiger partial charge on any atom is -0.504 e. The van der Waals surface area contributed by atoms with Gasteiger partial charge in [-0.05, 0) is 50.1 Å². The van der Waals surface area contributed by atoms with Gasteiger partial charge in [0.05, 0.1) is 11.4 Å². The monoisotopic (exact) mass is 280 g/mol. The molecule has 0 atom stereocenters. The zero-order valence-corrected chi connectivity index (χ0v) is 12.2. The van der Waals surface area contributed by atoms with Crippen molar-refractivity contribution in [3.05, 3.63) is 53.3 Å². The smallest absolute Gasteiger partial charge is 0.182 e. The summed E-state index contributed by atoms with van der Waals surface area (Å²) >= 11 is 0. The van der Waals surface area contributed by atoms with Gasteiger partial charge in [0.2, 0.25) is 0 Å². The van der Waals surface area contributed by atoms with E-state index in [2.05, 4.69) is 15.2 Å². The molecule has 0 fully saturated rings. The highest BCUT2D eigenvalue weighted by atomic mass is 16.3. The summed E-state index contributed by atoms with van der Waals surface area (Å²) in [5.74, 6) is 0.760. The van der Waals surface area contributed by atoms with Crippen molar-refractivity contribution in [2.24, 2.45) is 10.2 Å². The quantitative estimate of drug-likeness (QED) is 0.708. The molecule has 0 radical (unpaired) electrons. The van der Waals surface area contributed by atoms with Crippen molar-refractivity contribution >= 4 is 17.2 Å². The van der Waals surface area contributed by atoms with E-state index in [4.69, 9.17) is 0 Å². The minimum absolute atomic E-state index is 0.133. The number of fused-ring (bicyclic) bond motifs is 1. The Hall–Kier alpha value is -2.69. The SMILES string of the molecule is Cc1ccc(C)c(N=Nc2c(C)nc3c(O)cccn23)c1. The third-order valence-electron chi connectivity index (χ3n) is 3.39. The molecule has 106 valence electrons. The van der Waals surface area contributed by atoms with Crippen LogP contribution in [0.3, 0.4) is 0 Å². The zero-order valence-electron chi connectivity index (χ0n) is 12.2. The van der Waals surface area contributed by atoms with Crippen molar-refractivity contribution in [1.29, 1.82) is 0 Å². The highest BCUT2D eigenvalue weighted by molar-refractivity contribution is 5.60. The summed E-state index contributed by atoms with van der Waals surface area (Å²) in [6.07, 6.45) is 1.81. The number of aromatic nitrogens is 2. The van der Waals surface area contributed by atoms with E-state index in [9.17, 15) is 5.11 Å². The summed E-state index contributed by atoms with van der Waals surface area (Å²) in [4.78, 5) is 4.32. The number of hydrogen-bond acceptors (Lipinski definition) is 4. The van der Waals surface area contributed by atoms with E-state index in [0.717, 1.165) is 22.5 Å². The minimum atomic E-state index is 0.133. The Bertz CT molecular complexity index is 849. The van der Waals surface area contributed by atoms with Crippen LogP contribution in [0.5, 0.6) is 5.75 Å². The molecule has 21 heavy (non-hydrogen) atoms. The van der Waals surface area contributed by atoms with E-state index < -0.39 is 0 Å². The first-order valence-electron chi connectivity index (χ1n) is 6.72. The molecule has 0 spiro atoms. The highest BCUT2D eigenvalue weighted by Crippen LogP contribution is 2.28. The number of benzene rings is 1. The Balaban J connectivity index is 2.09. The number of aryl methyl sites for hydroxylation is 3. The first-order valence-corrected chi connectivity index (χ1v) is 6.72. The van der Waals surface area contributed by atoms with E-state index in [1.54, 1.807) is 16.5 Å². The van der Waals surface area contributed by atoms with E-state index in [0.29, 0.717) is 11.5 Å². The van der Waals surface area contributed by atoms with Crippen molar-refractivity contribution in [3.63, 3.8) is 0 Å². The van der Waals surface area contributed by atoms with Gasteiger partial charge < -0.3 is 5.11 Å². The molecular weight excluding hydrogens is 264 g/mol. The second kappa shape index (κ2) is 5.01. The van der Waals surface area contributed by atoms with Crippen LogP contribution in [0.4, 0.5) is 11.5 Å². The Kier molecular flexibility index (Phi) is 3.17. The fourth-order valence-corrected chi connectivity index (χ4v) is 2.20. The van der Waals surface area contributed by atoms with Gasteiger partial charge in [-0.25, -0.2) is 4.98 Å². The highest BCUT2D eigenvalue weighted by Gasteiger charge is 2.10. The van der Waals surface area contributed by atoms with Crippen LogP contribution in [0.2, 0.25) is 0 Å². The van der Waals surface area contributed by atoms with Gasteiger partial charge in [-0.3, -0.25) is 4.40 Å². The van der Waals surface area contributed by atoms with Crippen LogP contribution in [0, 0.1) is 20.8 Å². The van der Waals surface area contributed by atoms with E-state index in [-0.39, 0.29) is 5.75 Å². The zero-order chi connectivity index (χ0) is 15.0. The van der Waals surface area contributed by atoms with Crippen LogP contribution in [-0.4, -0.2) is 14.5 Å². The Morgan fingerprint density at radius 2 is 1.90 bits per heavy atom. The van der Waals surface area contributed by atoms with Gasteiger partial charge >= 0.3 is 0 Å². The van der Waals surface area contributed by atoms with Crippen LogP contribution in [0.1, 0.15) is 16.8 Å². The van der Waals surface area contributed by atoms with Crippen LogP contribution in [0.15, 0.2) is 46.8 Å². The molecule has 0 saturated heterocycles. The van der Waals surface area contributed by atoms with Crippen LogP contribution in [0.25, 0.3) is 5.65 Å². The first-order chi connectivity index (χ1) is 10.1. The number of pyridine rings is 1. The summed E-state index contributed by atoms with van der Waals surface area (Å²) < 4.78 is 1.74. The summed E-state index contributed by atoms with van der Waals surface area (Å²) in [5, 5.41) is 18.5. The maximum atomic E-state index is 9.82. The number of rotatable bonds is 2. The molecule has 0 aliphatic carbocycles. The summed E-state index contributed by atoms with van der Waals surface area (Å²) in [7, 11) is 0. The molecule has 0 unspecified atom stereocenters. The second-order valence-electron chi connectivity index (χ2n) is 5.10. The fourth-order valence-electron chi connectivity index (χ4n) is 2.20. The van der Waals surface area contributed by atoms with Crippen LogP contribution < -0.4 is 0 Å². The Morgan fingerprint density at radius 3 is 2.71 bits per heavy atom. The average molecular weight is 280 g/mol. The molecule has 2 aromatic heterocycles. The lowest BCUT2D eigenvalue weighted by Crippen LogP contribution is -1.83. The number of imidazole rings is 1. The molecule has 5 nitrogen and oxygen atoms in total. The third-order valence-corrected chi connectivity index (χ3v) is 3.39. The lowest BCUT2D eigenvalue weighted by atomic mass is 10.1. The number of aromatic hydroxyl groups is 1. The Labute approximate surface area is 122 Å². The van der Waals surface area contributed by atoms with Crippen LogP contribution in [-0.2, 0) is 0 Å². The maximum Gasteiger partial charge on any atom is 0.182 e. The molecule has 3 aromatic rings. The fraction of sp³-hybridized carbons (Fsp3) is 0.188. The number of nitrogens with zero attached hydrogens (tertiary/aromatic N) is 4. The van der Waals surface area contributed by atoms with Crippen molar-refractivity contribution in [1.82, 2.24) is 9.38 Å². The lowest BCUT2D eigenvalue weighted by Gasteiger charge is -2.01. The van der Waals surface area contributed by atoms with Gasteiger partial charge in [0.1, 0.15) is 0 Å². The summed E-state index contributed by atoms with van der Waals surface area (Å²) in [5.41, 5.74) is 4.26. The maximum absolute atomic E-state index is 9.82. The largest absolute Gasteiger partial charge is 0.504 e. The van der Waals surface area contributed by atoms with Gasteiger partial charge in [-0.15, -0.1) is 10.2 Å². The first kappa shape index (κ1) is 13.3. The molecule has 5 heteroatoms. The number of hydrogen-bond donors (Lipinski definition) is 1. The van der Waals surface area contributed by atoms with E-state index >= 15 is 0 Å². The topological polar surface area (TPSA) is 62.2 Å². The summed E-state index contributed by atoms with van der Waals surface area (Å²) in [6.45, 7) is 5.88. The molecule has 0 saturated carbocycles. The molecule has 3 rings (SSSR count).